The summed E-state index contributed by atoms with van der Waals surface area (Å²) in [6.07, 6.45) is 1.52. The quantitative estimate of drug-likeness (QED) is 0.515. The van der Waals surface area contributed by atoms with E-state index >= 15 is 0 Å². The first kappa shape index (κ1) is 22.1. The number of hydrogen-bond donors (Lipinski definition) is 2. The number of nitrogens with zero attached hydrogens (tertiary/aromatic N) is 2. The summed E-state index contributed by atoms with van der Waals surface area (Å²) in [7, 11) is 2.64. The van der Waals surface area contributed by atoms with Crippen LogP contribution in [0.1, 0.15) is 19.8 Å². The van der Waals surface area contributed by atoms with Gasteiger partial charge in [0.2, 0.25) is 17.7 Å². The molecule has 10 heteroatoms. The summed E-state index contributed by atoms with van der Waals surface area (Å²) in [5.41, 5.74) is 0. The van der Waals surface area contributed by atoms with Crippen LogP contribution in [0.3, 0.4) is 0 Å². The zero-order valence-electron chi connectivity index (χ0n) is 16.7. The summed E-state index contributed by atoms with van der Waals surface area (Å²) in [4.78, 5) is 52.7. The summed E-state index contributed by atoms with van der Waals surface area (Å²) >= 11 is 0. The lowest BCUT2D eigenvalue weighted by atomic mass is 9.95. The monoisotopic (exact) mass is 398 g/mol. The van der Waals surface area contributed by atoms with Gasteiger partial charge in [-0.15, -0.1) is 0 Å². The maximum absolute atomic E-state index is 12.9. The second-order valence-electron chi connectivity index (χ2n) is 7.10. The van der Waals surface area contributed by atoms with Crippen molar-refractivity contribution in [2.75, 3.05) is 53.6 Å². The third-order valence-corrected chi connectivity index (χ3v) is 5.18. The van der Waals surface area contributed by atoms with Gasteiger partial charge < -0.3 is 29.9 Å². The van der Waals surface area contributed by atoms with Crippen molar-refractivity contribution in [2.24, 2.45) is 5.92 Å². The van der Waals surface area contributed by atoms with E-state index in [1.165, 1.54) is 26.0 Å². The lowest BCUT2D eigenvalue weighted by Crippen LogP contribution is -2.63. The van der Waals surface area contributed by atoms with Crippen LogP contribution < -0.4 is 10.6 Å². The normalized spacial score (nSPS) is 21.8. The molecule has 2 N–H and O–H groups in total. The topological polar surface area (TPSA) is 117 Å². The molecule has 0 unspecified atom stereocenters. The highest BCUT2D eigenvalue weighted by atomic mass is 16.5. The smallest absolute Gasteiger partial charge is 0.328 e. The SMILES string of the molecule is COCC(=O)N1CCN(C(=O)C2CCNCC2)C[C@H]1C(=O)N[C@H](C)C(=O)OC. The number of methoxy groups -OCH3 is 2. The second-order valence-corrected chi connectivity index (χ2v) is 7.10. The van der Waals surface area contributed by atoms with Crippen LogP contribution in [-0.2, 0) is 28.7 Å². The maximum atomic E-state index is 12.9. The number of carbonyl (C=O) groups excluding carboxylic acids is 4. The number of nitrogens with one attached hydrogen (secondary N) is 2. The first-order valence-electron chi connectivity index (χ1n) is 9.55. The third-order valence-electron chi connectivity index (χ3n) is 5.18. The minimum atomic E-state index is -0.880. The minimum Gasteiger partial charge on any atom is -0.467 e. The van der Waals surface area contributed by atoms with Gasteiger partial charge in [0.1, 0.15) is 18.7 Å². The minimum absolute atomic E-state index is 0.0131. The van der Waals surface area contributed by atoms with Gasteiger partial charge in [0.05, 0.1) is 13.7 Å². The van der Waals surface area contributed by atoms with Crippen molar-refractivity contribution in [3.63, 3.8) is 0 Å². The van der Waals surface area contributed by atoms with E-state index in [-0.39, 0.29) is 37.4 Å². The summed E-state index contributed by atoms with van der Waals surface area (Å²) in [5, 5.41) is 5.80. The van der Waals surface area contributed by atoms with Crippen molar-refractivity contribution in [1.29, 1.82) is 0 Å². The Labute approximate surface area is 164 Å². The molecule has 0 bridgehead atoms. The number of hydrogen-bond acceptors (Lipinski definition) is 7. The Balaban J connectivity index is 2.11. The Hall–Kier alpha value is -2.20. The Morgan fingerprint density at radius 2 is 1.82 bits per heavy atom. The Morgan fingerprint density at radius 1 is 1.14 bits per heavy atom. The van der Waals surface area contributed by atoms with Gasteiger partial charge in [-0.05, 0) is 32.9 Å². The van der Waals surface area contributed by atoms with Crippen molar-refractivity contribution < 1.29 is 28.7 Å². The number of rotatable bonds is 6. The zero-order chi connectivity index (χ0) is 20.7. The molecule has 158 valence electrons. The molecule has 2 aliphatic heterocycles. The number of piperazine rings is 1. The molecule has 0 radical (unpaired) electrons. The molecule has 0 aromatic rings. The van der Waals surface area contributed by atoms with Gasteiger partial charge in [0, 0.05) is 26.1 Å². The molecule has 2 rings (SSSR count). The van der Waals surface area contributed by atoms with E-state index in [1.54, 1.807) is 4.90 Å². The van der Waals surface area contributed by atoms with Crippen LogP contribution in [0.15, 0.2) is 0 Å². The van der Waals surface area contributed by atoms with Crippen LogP contribution in [0.4, 0.5) is 0 Å². The Kier molecular flexibility index (Phi) is 8.18. The molecule has 2 saturated heterocycles. The highest BCUT2D eigenvalue weighted by Gasteiger charge is 2.39. The van der Waals surface area contributed by atoms with E-state index in [1.807, 2.05) is 0 Å². The standard InChI is InChI=1S/C18H30N4O6/c1-12(18(26)28-3)20-16(24)14-10-21(8-9-22(14)15(23)11-27-2)17(25)13-4-6-19-7-5-13/h12-14,19H,4-11H2,1-3H3,(H,20,24)/t12-,14+/m1/s1. The molecule has 10 nitrogen and oxygen atoms in total. The summed E-state index contributed by atoms with van der Waals surface area (Å²) < 4.78 is 9.53. The summed E-state index contributed by atoms with van der Waals surface area (Å²) in [6, 6.07) is -1.73. The number of esters is 1. The first-order chi connectivity index (χ1) is 13.4. The molecule has 28 heavy (non-hydrogen) atoms. The van der Waals surface area contributed by atoms with Crippen molar-refractivity contribution in [1.82, 2.24) is 20.4 Å². The zero-order valence-corrected chi connectivity index (χ0v) is 16.7. The van der Waals surface area contributed by atoms with E-state index in [0.29, 0.717) is 6.54 Å². The van der Waals surface area contributed by atoms with Crippen LogP contribution in [0.5, 0.6) is 0 Å². The molecule has 2 atom stereocenters. The molecule has 0 spiro atoms. The average Bonchev–Trinajstić information content (AvgIpc) is 2.72. The lowest BCUT2D eigenvalue weighted by Gasteiger charge is -2.42. The summed E-state index contributed by atoms with van der Waals surface area (Å²) in [5.74, 6) is -1.46. The van der Waals surface area contributed by atoms with Crippen LogP contribution in [0, 0.1) is 5.92 Å². The van der Waals surface area contributed by atoms with Gasteiger partial charge in [-0.2, -0.15) is 0 Å². The molecular weight excluding hydrogens is 368 g/mol. The molecule has 0 aliphatic carbocycles. The van der Waals surface area contributed by atoms with Crippen molar-refractivity contribution >= 4 is 23.7 Å². The molecule has 0 saturated carbocycles. The molecule has 2 heterocycles. The number of amides is 3. The largest absolute Gasteiger partial charge is 0.467 e. The van der Waals surface area contributed by atoms with Gasteiger partial charge in [-0.3, -0.25) is 14.4 Å². The van der Waals surface area contributed by atoms with Crippen LogP contribution in [0.25, 0.3) is 0 Å². The van der Waals surface area contributed by atoms with E-state index < -0.39 is 24.0 Å². The molecule has 0 aromatic carbocycles. The first-order valence-corrected chi connectivity index (χ1v) is 9.55. The molecule has 2 fully saturated rings. The van der Waals surface area contributed by atoms with Crippen LogP contribution in [0.2, 0.25) is 0 Å². The van der Waals surface area contributed by atoms with Crippen molar-refractivity contribution in [3.8, 4) is 0 Å². The van der Waals surface area contributed by atoms with Gasteiger partial charge in [-0.1, -0.05) is 0 Å². The molecular formula is C18H30N4O6. The lowest BCUT2D eigenvalue weighted by molar-refractivity contribution is -0.153. The Bertz CT molecular complexity index is 593. The molecule has 0 aromatic heterocycles. The molecule has 3 amide bonds. The van der Waals surface area contributed by atoms with Gasteiger partial charge in [0.15, 0.2) is 0 Å². The van der Waals surface area contributed by atoms with Gasteiger partial charge >= 0.3 is 5.97 Å². The number of ether oxygens (including phenoxy) is 2. The van der Waals surface area contributed by atoms with E-state index in [9.17, 15) is 19.2 Å². The van der Waals surface area contributed by atoms with E-state index in [4.69, 9.17) is 4.74 Å². The van der Waals surface area contributed by atoms with Gasteiger partial charge in [-0.25, -0.2) is 4.79 Å². The predicted molar refractivity (Wildman–Crippen MR) is 99.2 cm³/mol. The maximum Gasteiger partial charge on any atom is 0.328 e. The Morgan fingerprint density at radius 3 is 2.43 bits per heavy atom. The highest BCUT2D eigenvalue weighted by Crippen LogP contribution is 2.19. The fourth-order valence-electron chi connectivity index (χ4n) is 3.58. The van der Waals surface area contributed by atoms with Crippen LogP contribution >= 0.6 is 0 Å². The number of carbonyl (C=O) groups is 4. The average molecular weight is 398 g/mol. The molecule has 2 aliphatic rings. The third kappa shape index (κ3) is 5.41. The highest BCUT2D eigenvalue weighted by molar-refractivity contribution is 5.92. The fourth-order valence-corrected chi connectivity index (χ4v) is 3.58. The number of piperidine rings is 1. The second kappa shape index (κ2) is 10.4. The van der Waals surface area contributed by atoms with Crippen molar-refractivity contribution in [3.05, 3.63) is 0 Å². The van der Waals surface area contributed by atoms with E-state index in [2.05, 4.69) is 15.4 Å². The predicted octanol–water partition coefficient (Wildman–Crippen LogP) is -1.65. The van der Waals surface area contributed by atoms with Crippen molar-refractivity contribution in [2.45, 2.75) is 31.8 Å². The van der Waals surface area contributed by atoms with Crippen LogP contribution in [-0.4, -0.2) is 99.1 Å². The van der Waals surface area contributed by atoms with E-state index in [0.717, 1.165) is 25.9 Å². The fraction of sp³-hybridized carbons (Fsp3) is 0.778. The summed E-state index contributed by atoms with van der Waals surface area (Å²) in [6.45, 7) is 3.65. The van der Waals surface area contributed by atoms with Gasteiger partial charge in [0.25, 0.3) is 0 Å².